The molecular weight excluding hydrogens is 453 g/mol. The van der Waals surface area contributed by atoms with Gasteiger partial charge in [0.25, 0.3) is 0 Å². The van der Waals surface area contributed by atoms with E-state index in [1.807, 2.05) is 0 Å². The average molecular weight is 481 g/mol. The lowest BCUT2D eigenvalue weighted by molar-refractivity contribution is -0.116. The number of amides is 1. The standard InChI is InChI=1S/C27H27F3N4O/c1-34(18-5-6-18)13-14-3-2-4-15(7-14)16-8-17(9-16)26-25-20(11-24(35)31-27(25)33-32-26)19-10-22(29)23(30)12-21(19)28/h2-4,7,10,12,16-18,20H,5-6,8-9,11,13H2,1H3,(H2,31,32,33,35). The third-order valence-corrected chi connectivity index (χ3v) is 7.82. The van der Waals surface area contributed by atoms with Gasteiger partial charge in [-0.3, -0.25) is 14.8 Å². The molecule has 2 N–H and O–H groups in total. The van der Waals surface area contributed by atoms with Crippen LogP contribution in [-0.2, 0) is 11.3 Å². The van der Waals surface area contributed by atoms with Crippen molar-refractivity contribution < 1.29 is 18.0 Å². The maximum Gasteiger partial charge on any atom is 0.226 e. The highest BCUT2D eigenvalue weighted by molar-refractivity contribution is 5.94. The van der Waals surface area contributed by atoms with Gasteiger partial charge in [-0.15, -0.1) is 0 Å². The van der Waals surface area contributed by atoms with Gasteiger partial charge in [0.1, 0.15) is 5.82 Å². The lowest BCUT2D eigenvalue weighted by Crippen LogP contribution is -2.27. The molecular formula is C27H27F3N4O. The number of aromatic amines is 1. The highest BCUT2D eigenvalue weighted by Gasteiger charge is 2.40. The lowest BCUT2D eigenvalue weighted by Gasteiger charge is -2.37. The summed E-state index contributed by atoms with van der Waals surface area (Å²) < 4.78 is 42.2. The van der Waals surface area contributed by atoms with Gasteiger partial charge in [0, 0.05) is 48.2 Å². The largest absolute Gasteiger partial charge is 0.309 e. The molecule has 0 spiro atoms. The summed E-state index contributed by atoms with van der Waals surface area (Å²) in [5, 5.41) is 10.1. The summed E-state index contributed by atoms with van der Waals surface area (Å²) in [7, 11) is 2.18. The van der Waals surface area contributed by atoms with Gasteiger partial charge in [-0.1, -0.05) is 24.3 Å². The van der Waals surface area contributed by atoms with Crippen LogP contribution in [0.15, 0.2) is 36.4 Å². The molecule has 0 saturated heterocycles. The van der Waals surface area contributed by atoms with Gasteiger partial charge in [-0.05, 0) is 61.4 Å². The Kier molecular flexibility index (Phi) is 5.44. The average Bonchev–Trinajstić information content (AvgIpc) is 3.57. The van der Waals surface area contributed by atoms with Crippen molar-refractivity contribution in [3.05, 3.63) is 81.8 Å². The van der Waals surface area contributed by atoms with E-state index in [4.69, 9.17) is 0 Å². The Balaban J connectivity index is 1.23. The van der Waals surface area contributed by atoms with Crippen LogP contribution in [0.5, 0.6) is 0 Å². The third-order valence-electron chi connectivity index (χ3n) is 7.82. The number of anilines is 1. The highest BCUT2D eigenvalue weighted by Crippen LogP contribution is 2.51. The van der Waals surface area contributed by atoms with Gasteiger partial charge >= 0.3 is 0 Å². The fourth-order valence-corrected chi connectivity index (χ4v) is 5.67. The minimum absolute atomic E-state index is 0.0222. The zero-order chi connectivity index (χ0) is 24.3. The van der Waals surface area contributed by atoms with Crippen molar-refractivity contribution in [2.75, 3.05) is 12.4 Å². The van der Waals surface area contributed by atoms with E-state index in [2.05, 4.69) is 51.7 Å². The molecule has 0 bridgehead atoms. The monoisotopic (exact) mass is 480 g/mol. The summed E-state index contributed by atoms with van der Waals surface area (Å²) >= 11 is 0. The molecule has 2 aliphatic carbocycles. The Morgan fingerprint density at radius 1 is 1.03 bits per heavy atom. The van der Waals surface area contributed by atoms with Crippen LogP contribution in [-0.4, -0.2) is 34.1 Å². The molecule has 1 aliphatic heterocycles. The first-order chi connectivity index (χ1) is 16.9. The molecule has 2 fully saturated rings. The molecule has 8 heteroatoms. The third kappa shape index (κ3) is 4.14. The van der Waals surface area contributed by atoms with Crippen molar-refractivity contribution in [1.82, 2.24) is 15.1 Å². The summed E-state index contributed by atoms with van der Waals surface area (Å²) in [5.74, 6) is -3.37. The van der Waals surface area contributed by atoms with E-state index in [-0.39, 0.29) is 23.8 Å². The van der Waals surface area contributed by atoms with Gasteiger partial charge in [-0.25, -0.2) is 13.2 Å². The number of hydrogen-bond donors (Lipinski definition) is 2. The fraction of sp³-hybridized carbons (Fsp3) is 0.407. The normalized spacial score (nSPS) is 23.7. The number of nitrogens with one attached hydrogen (secondary N) is 2. The number of carbonyl (C=O) groups is 1. The molecule has 6 rings (SSSR count). The number of aromatic nitrogens is 2. The fourth-order valence-electron chi connectivity index (χ4n) is 5.67. The van der Waals surface area contributed by atoms with Gasteiger partial charge in [-0.2, -0.15) is 5.10 Å². The molecule has 182 valence electrons. The van der Waals surface area contributed by atoms with Gasteiger partial charge < -0.3 is 5.32 Å². The predicted molar refractivity (Wildman–Crippen MR) is 126 cm³/mol. The minimum Gasteiger partial charge on any atom is -0.309 e. The number of hydrogen-bond acceptors (Lipinski definition) is 3. The Morgan fingerprint density at radius 3 is 2.57 bits per heavy atom. The topological polar surface area (TPSA) is 61.0 Å². The van der Waals surface area contributed by atoms with E-state index in [9.17, 15) is 18.0 Å². The number of H-pyrrole nitrogens is 1. The predicted octanol–water partition coefficient (Wildman–Crippen LogP) is 5.56. The van der Waals surface area contributed by atoms with E-state index in [1.54, 1.807) is 0 Å². The molecule has 3 aliphatic rings. The van der Waals surface area contributed by atoms with E-state index in [1.165, 1.54) is 24.0 Å². The van der Waals surface area contributed by atoms with Crippen LogP contribution in [0, 0.1) is 17.5 Å². The smallest absolute Gasteiger partial charge is 0.226 e. The molecule has 3 aromatic rings. The van der Waals surface area contributed by atoms with Crippen LogP contribution >= 0.6 is 0 Å². The van der Waals surface area contributed by atoms with Crippen LogP contribution < -0.4 is 5.32 Å². The first kappa shape index (κ1) is 22.3. The molecule has 2 aromatic carbocycles. The van der Waals surface area contributed by atoms with Crippen LogP contribution in [0.3, 0.4) is 0 Å². The number of fused-ring (bicyclic) bond motifs is 1. The number of rotatable bonds is 6. The van der Waals surface area contributed by atoms with Crippen LogP contribution in [0.2, 0.25) is 0 Å². The SMILES string of the molecule is CN(Cc1cccc(C2CC(c3[nH]nc4c3C(c3cc(F)c(F)cc3F)CC(=O)N4)C2)c1)C1CC1. The summed E-state index contributed by atoms with van der Waals surface area (Å²) in [4.78, 5) is 14.7. The van der Waals surface area contributed by atoms with E-state index >= 15 is 0 Å². The molecule has 1 atom stereocenters. The van der Waals surface area contributed by atoms with E-state index in [0.717, 1.165) is 31.1 Å². The second kappa shape index (κ2) is 8.52. The second-order valence-electron chi connectivity index (χ2n) is 10.2. The maximum absolute atomic E-state index is 14.7. The van der Waals surface area contributed by atoms with Crippen LogP contribution in [0.25, 0.3) is 0 Å². The molecule has 2 heterocycles. The number of carbonyl (C=O) groups excluding carboxylic acids is 1. The van der Waals surface area contributed by atoms with Crippen molar-refractivity contribution in [1.29, 1.82) is 0 Å². The zero-order valence-electron chi connectivity index (χ0n) is 19.5. The lowest BCUT2D eigenvalue weighted by atomic mass is 9.68. The van der Waals surface area contributed by atoms with Crippen molar-refractivity contribution in [2.24, 2.45) is 0 Å². The Hall–Kier alpha value is -3.13. The molecule has 35 heavy (non-hydrogen) atoms. The van der Waals surface area contributed by atoms with Crippen molar-refractivity contribution in [3.63, 3.8) is 0 Å². The zero-order valence-corrected chi connectivity index (χ0v) is 19.5. The van der Waals surface area contributed by atoms with E-state index in [0.29, 0.717) is 29.4 Å². The van der Waals surface area contributed by atoms with Crippen molar-refractivity contribution in [3.8, 4) is 0 Å². The minimum atomic E-state index is -1.24. The van der Waals surface area contributed by atoms with Crippen molar-refractivity contribution in [2.45, 2.75) is 62.4 Å². The van der Waals surface area contributed by atoms with Gasteiger partial charge in [0.05, 0.1) is 0 Å². The van der Waals surface area contributed by atoms with Gasteiger partial charge in [0.15, 0.2) is 17.5 Å². The molecule has 1 unspecified atom stereocenters. The summed E-state index contributed by atoms with van der Waals surface area (Å²) in [6, 6.07) is 10.9. The summed E-state index contributed by atoms with van der Waals surface area (Å²) in [5.41, 5.74) is 4.13. The van der Waals surface area contributed by atoms with Crippen molar-refractivity contribution >= 4 is 11.7 Å². The molecule has 5 nitrogen and oxygen atoms in total. The van der Waals surface area contributed by atoms with Gasteiger partial charge in [0.2, 0.25) is 5.91 Å². The van der Waals surface area contributed by atoms with E-state index < -0.39 is 23.4 Å². The molecule has 1 aromatic heterocycles. The molecule has 1 amide bonds. The Morgan fingerprint density at radius 2 is 1.80 bits per heavy atom. The first-order valence-electron chi connectivity index (χ1n) is 12.2. The first-order valence-corrected chi connectivity index (χ1v) is 12.2. The number of halogens is 3. The molecule has 2 saturated carbocycles. The molecule has 0 radical (unpaired) electrons. The quantitative estimate of drug-likeness (QED) is 0.455. The Bertz CT molecular complexity index is 1300. The highest BCUT2D eigenvalue weighted by atomic mass is 19.2. The van der Waals surface area contributed by atoms with Crippen LogP contribution in [0.4, 0.5) is 19.0 Å². The summed E-state index contributed by atoms with van der Waals surface area (Å²) in [6.07, 6.45) is 4.32. The number of nitrogens with zero attached hydrogens (tertiary/aromatic N) is 2. The Labute approximate surface area is 201 Å². The van der Waals surface area contributed by atoms with Crippen LogP contribution in [0.1, 0.15) is 77.8 Å². The summed E-state index contributed by atoms with van der Waals surface area (Å²) in [6.45, 7) is 0.948. The number of benzene rings is 2. The second-order valence-corrected chi connectivity index (χ2v) is 10.2. The maximum atomic E-state index is 14.7.